The minimum absolute atomic E-state index is 0.244. The predicted octanol–water partition coefficient (Wildman–Crippen LogP) is 4.23. The molecule has 0 amide bonds. The maximum atomic E-state index is 10.4. The largest absolute Gasteiger partial charge is 0.481 e. The molecular formula is C18H34O5. The van der Waals surface area contributed by atoms with Crippen molar-refractivity contribution in [2.75, 3.05) is 6.61 Å². The van der Waals surface area contributed by atoms with Crippen LogP contribution in [0.3, 0.4) is 0 Å². The van der Waals surface area contributed by atoms with E-state index in [0.717, 1.165) is 77.0 Å². The highest BCUT2D eigenvalue weighted by atomic mass is 16.4. The standard InChI is InChI=1S/C18H34O5/c19-15-16(12-8-5-6-10-14-18(22)23)11-7-3-1-2-4-9-13-17(20)21/h16,19H,1-15H2,(H,20,21)(H,22,23). The maximum absolute atomic E-state index is 10.4. The summed E-state index contributed by atoms with van der Waals surface area (Å²) in [4.78, 5) is 20.8. The molecule has 1 atom stereocenters. The van der Waals surface area contributed by atoms with Gasteiger partial charge in [0.1, 0.15) is 0 Å². The van der Waals surface area contributed by atoms with Crippen molar-refractivity contribution in [2.24, 2.45) is 5.92 Å². The van der Waals surface area contributed by atoms with Gasteiger partial charge >= 0.3 is 11.9 Å². The Balaban J connectivity index is 3.38. The Morgan fingerprint density at radius 2 is 0.957 bits per heavy atom. The summed E-state index contributed by atoms with van der Waals surface area (Å²) in [6.45, 7) is 0.244. The van der Waals surface area contributed by atoms with Gasteiger partial charge in [-0.05, 0) is 31.6 Å². The van der Waals surface area contributed by atoms with Crippen molar-refractivity contribution in [3.8, 4) is 0 Å². The SMILES string of the molecule is O=C(O)CCCCCCCCC(CO)CCCCCCC(=O)O. The molecule has 5 heteroatoms. The fourth-order valence-corrected chi connectivity index (χ4v) is 2.81. The number of aliphatic carboxylic acids is 2. The van der Waals surface area contributed by atoms with E-state index in [-0.39, 0.29) is 19.4 Å². The summed E-state index contributed by atoms with van der Waals surface area (Å²) in [7, 11) is 0. The van der Waals surface area contributed by atoms with Crippen molar-refractivity contribution in [1.82, 2.24) is 0 Å². The lowest BCUT2D eigenvalue weighted by Gasteiger charge is -2.13. The molecule has 0 aliphatic carbocycles. The first-order chi connectivity index (χ1) is 11.1. The maximum Gasteiger partial charge on any atom is 0.303 e. The quantitative estimate of drug-likeness (QED) is 0.347. The zero-order valence-corrected chi connectivity index (χ0v) is 14.3. The van der Waals surface area contributed by atoms with E-state index < -0.39 is 11.9 Å². The molecular weight excluding hydrogens is 296 g/mol. The molecule has 5 nitrogen and oxygen atoms in total. The van der Waals surface area contributed by atoms with Gasteiger partial charge in [-0.3, -0.25) is 9.59 Å². The van der Waals surface area contributed by atoms with Gasteiger partial charge in [-0.25, -0.2) is 0 Å². The molecule has 0 aromatic rings. The minimum Gasteiger partial charge on any atom is -0.481 e. The van der Waals surface area contributed by atoms with Gasteiger partial charge in [-0.15, -0.1) is 0 Å². The summed E-state index contributed by atoms with van der Waals surface area (Å²) in [6.07, 6.45) is 12.7. The van der Waals surface area contributed by atoms with Crippen LogP contribution in [-0.4, -0.2) is 33.9 Å². The van der Waals surface area contributed by atoms with Crippen LogP contribution >= 0.6 is 0 Å². The summed E-state index contributed by atoms with van der Waals surface area (Å²) in [6, 6.07) is 0. The third-order valence-electron chi connectivity index (χ3n) is 4.26. The van der Waals surface area contributed by atoms with Crippen molar-refractivity contribution in [3.05, 3.63) is 0 Å². The number of hydrogen-bond acceptors (Lipinski definition) is 3. The number of aliphatic hydroxyl groups is 1. The molecule has 0 saturated carbocycles. The smallest absolute Gasteiger partial charge is 0.303 e. The van der Waals surface area contributed by atoms with Gasteiger partial charge in [-0.1, -0.05) is 51.4 Å². The molecule has 0 saturated heterocycles. The van der Waals surface area contributed by atoms with Gasteiger partial charge in [0.25, 0.3) is 0 Å². The Hall–Kier alpha value is -1.10. The minimum atomic E-state index is -0.721. The van der Waals surface area contributed by atoms with Crippen molar-refractivity contribution in [2.45, 2.75) is 89.9 Å². The molecule has 0 radical (unpaired) electrons. The highest BCUT2D eigenvalue weighted by Crippen LogP contribution is 2.18. The molecule has 1 unspecified atom stereocenters. The van der Waals surface area contributed by atoms with Gasteiger partial charge in [0.05, 0.1) is 0 Å². The van der Waals surface area contributed by atoms with Crippen molar-refractivity contribution < 1.29 is 24.9 Å². The van der Waals surface area contributed by atoms with Gasteiger partial charge in [0.15, 0.2) is 0 Å². The normalized spacial score (nSPS) is 12.2. The first kappa shape index (κ1) is 21.9. The third-order valence-corrected chi connectivity index (χ3v) is 4.26. The van der Waals surface area contributed by atoms with Gasteiger partial charge < -0.3 is 15.3 Å². The van der Waals surface area contributed by atoms with E-state index in [1.54, 1.807) is 0 Å². The van der Waals surface area contributed by atoms with Crippen LogP contribution in [0.1, 0.15) is 89.9 Å². The number of rotatable bonds is 17. The summed E-state index contributed by atoms with van der Waals surface area (Å²) in [5.74, 6) is -1.05. The monoisotopic (exact) mass is 330 g/mol. The predicted molar refractivity (Wildman–Crippen MR) is 90.5 cm³/mol. The Labute approximate surface area is 140 Å². The van der Waals surface area contributed by atoms with E-state index in [4.69, 9.17) is 10.2 Å². The molecule has 23 heavy (non-hydrogen) atoms. The molecule has 3 N–H and O–H groups in total. The topological polar surface area (TPSA) is 94.8 Å². The Morgan fingerprint density at radius 3 is 1.30 bits per heavy atom. The first-order valence-corrected chi connectivity index (χ1v) is 9.10. The molecule has 0 rings (SSSR count). The first-order valence-electron chi connectivity index (χ1n) is 9.10. The van der Waals surface area contributed by atoms with Crippen molar-refractivity contribution >= 4 is 11.9 Å². The molecule has 0 heterocycles. The molecule has 0 aromatic carbocycles. The summed E-state index contributed by atoms with van der Waals surface area (Å²) >= 11 is 0. The number of carbonyl (C=O) groups is 2. The fraction of sp³-hybridized carbons (Fsp3) is 0.889. The molecule has 0 aliphatic heterocycles. The lowest BCUT2D eigenvalue weighted by Crippen LogP contribution is -2.06. The number of aliphatic hydroxyl groups excluding tert-OH is 1. The van der Waals surface area contributed by atoms with E-state index in [2.05, 4.69) is 0 Å². The second-order valence-corrected chi connectivity index (χ2v) is 6.45. The highest BCUT2D eigenvalue weighted by Gasteiger charge is 2.07. The van der Waals surface area contributed by atoms with E-state index in [1.165, 1.54) is 0 Å². The van der Waals surface area contributed by atoms with Gasteiger partial charge in [-0.2, -0.15) is 0 Å². The Kier molecular flexibility index (Phi) is 15.0. The van der Waals surface area contributed by atoms with E-state index in [9.17, 15) is 14.7 Å². The average molecular weight is 330 g/mol. The lowest BCUT2D eigenvalue weighted by atomic mass is 9.95. The molecule has 0 spiro atoms. The van der Waals surface area contributed by atoms with Crippen LogP contribution in [0, 0.1) is 5.92 Å². The lowest BCUT2D eigenvalue weighted by molar-refractivity contribution is -0.138. The zero-order valence-electron chi connectivity index (χ0n) is 14.3. The Bertz CT molecular complexity index is 304. The van der Waals surface area contributed by atoms with Crippen LogP contribution in [0.5, 0.6) is 0 Å². The number of carboxylic acid groups (broad SMARTS) is 2. The highest BCUT2D eigenvalue weighted by molar-refractivity contribution is 5.66. The van der Waals surface area contributed by atoms with Crippen molar-refractivity contribution in [3.63, 3.8) is 0 Å². The van der Waals surface area contributed by atoms with Crippen molar-refractivity contribution in [1.29, 1.82) is 0 Å². The zero-order chi connectivity index (χ0) is 17.3. The van der Waals surface area contributed by atoms with E-state index in [1.807, 2.05) is 0 Å². The van der Waals surface area contributed by atoms with Crippen LogP contribution in [-0.2, 0) is 9.59 Å². The number of hydrogen-bond donors (Lipinski definition) is 3. The molecule has 0 fully saturated rings. The van der Waals surface area contributed by atoms with Crippen LogP contribution in [0.2, 0.25) is 0 Å². The summed E-state index contributed by atoms with van der Waals surface area (Å²) < 4.78 is 0. The van der Waals surface area contributed by atoms with Gasteiger partial charge in [0.2, 0.25) is 0 Å². The molecule has 0 aliphatic rings. The van der Waals surface area contributed by atoms with E-state index in [0.29, 0.717) is 5.92 Å². The number of unbranched alkanes of at least 4 members (excludes halogenated alkanes) is 8. The third kappa shape index (κ3) is 17.1. The molecule has 136 valence electrons. The van der Waals surface area contributed by atoms with Crippen LogP contribution in [0.25, 0.3) is 0 Å². The van der Waals surface area contributed by atoms with Gasteiger partial charge in [0, 0.05) is 19.4 Å². The molecule has 0 aromatic heterocycles. The van der Waals surface area contributed by atoms with Crippen LogP contribution < -0.4 is 0 Å². The average Bonchev–Trinajstić information content (AvgIpc) is 2.50. The Morgan fingerprint density at radius 1 is 0.609 bits per heavy atom. The van der Waals surface area contributed by atoms with Crippen LogP contribution in [0.15, 0.2) is 0 Å². The number of carboxylic acids is 2. The van der Waals surface area contributed by atoms with E-state index >= 15 is 0 Å². The molecule has 0 bridgehead atoms. The summed E-state index contributed by atoms with van der Waals surface area (Å²) in [5.41, 5.74) is 0. The second kappa shape index (κ2) is 15.8. The van der Waals surface area contributed by atoms with Crippen LogP contribution in [0.4, 0.5) is 0 Å². The summed E-state index contributed by atoms with van der Waals surface area (Å²) in [5, 5.41) is 26.5. The fourth-order valence-electron chi connectivity index (χ4n) is 2.81. The second-order valence-electron chi connectivity index (χ2n) is 6.45.